The van der Waals surface area contributed by atoms with Gasteiger partial charge in [0.2, 0.25) is 0 Å². The van der Waals surface area contributed by atoms with Crippen LogP contribution in [0.5, 0.6) is 0 Å². The Labute approximate surface area is 775 Å². The van der Waals surface area contributed by atoms with Crippen molar-refractivity contribution in [2.75, 3.05) is 156 Å². The molecule has 14 rings (SSSR count). The molecule has 8 aliphatic heterocycles. The van der Waals surface area contributed by atoms with Crippen LogP contribution in [0.3, 0.4) is 0 Å². The van der Waals surface area contributed by atoms with E-state index < -0.39 is 0 Å². The highest BCUT2D eigenvalue weighted by molar-refractivity contribution is 8.16. The lowest BCUT2D eigenvalue weighted by Crippen LogP contribution is -2.24. The summed E-state index contributed by atoms with van der Waals surface area (Å²) in [6.45, 7) is 101. The van der Waals surface area contributed by atoms with Gasteiger partial charge in [-0.2, -0.15) is 58.8 Å². The van der Waals surface area contributed by atoms with E-state index in [9.17, 15) is 0 Å². The Morgan fingerprint density at radius 2 is 0.765 bits per heavy atom. The molecular formula is C100H214N6O7S6. The first-order chi connectivity index (χ1) is 59.4. The Balaban J connectivity index is -0.0000000521. The van der Waals surface area contributed by atoms with Crippen LogP contribution >= 0.6 is 70.6 Å². The van der Waals surface area contributed by atoms with Gasteiger partial charge in [-0.15, -0.1) is 11.8 Å². The number of aromatic nitrogens is 2. The Bertz CT molecular complexity index is 1820. The van der Waals surface area contributed by atoms with E-state index in [4.69, 9.17) is 32.8 Å². The van der Waals surface area contributed by atoms with E-state index in [0.717, 1.165) is 96.3 Å². The molecule has 4 aromatic heterocycles. The minimum absolute atomic E-state index is 0.500. The standard InChI is InChI=1S/2C8H7N.C8H6O.2C4H7NO.C4H9NS.C4H7NS.2C4H8O2.2C4H8S2.22C2H6/c1-2-6-9-7-3-5-8(9)4-1;2*1-2-4-8-7(3-1)5-6-9-8;1-3-6-4-2-5-1;1-2-5-4-6-3-1;1-3-6-4-2-5-1;1-2-5-4-6-3-1;1-2-6-4-3-5-1;1-2-5-4-6-3-1;1-2-6-4-3-5-1;1-2-5-4-6-3-1;22*1-2/h1-7H;1-6,9H;1-6H;1H,2-4H2;4H,1-3H2;5H,1-4H2;4H,1-3H2;4*1-4H2;22*1-2H3. The molecule has 0 spiro atoms. The maximum absolute atomic E-state index is 5.12. The summed E-state index contributed by atoms with van der Waals surface area (Å²) >= 11 is 12.1. The zero-order valence-corrected chi connectivity index (χ0v) is 92.7. The predicted octanol–water partition coefficient (Wildman–Crippen LogP) is 34.8. The van der Waals surface area contributed by atoms with Gasteiger partial charge in [-0.25, -0.2) is 0 Å². The van der Waals surface area contributed by atoms with Gasteiger partial charge < -0.3 is 47.5 Å². The minimum Gasteiger partial charge on any atom is -0.483 e. The molecule has 0 atom stereocenters. The normalized spacial score (nSPS) is 12.6. The van der Waals surface area contributed by atoms with Gasteiger partial charge in [0, 0.05) is 119 Å². The molecule has 8 aliphatic rings. The van der Waals surface area contributed by atoms with Gasteiger partial charge in [0.25, 0.3) is 0 Å². The number of ether oxygens (including phenoxy) is 6. The average molecular weight is 1810 g/mol. The topological polar surface area (TPSA) is 138 Å². The molecule has 0 radical (unpaired) electrons. The number of nitrogens with one attached hydrogen (secondary N) is 2. The van der Waals surface area contributed by atoms with E-state index in [2.05, 4.69) is 107 Å². The van der Waals surface area contributed by atoms with Crippen molar-refractivity contribution in [1.29, 1.82) is 0 Å². The fourth-order valence-corrected chi connectivity index (χ4v) is 12.3. The van der Waals surface area contributed by atoms with Crippen molar-refractivity contribution in [1.82, 2.24) is 14.7 Å². The van der Waals surface area contributed by atoms with Crippen molar-refractivity contribution in [2.24, 2.45) is 15.0 Å². The third-order valence-electron chi connectivity index (χ3n) is 10.2. The zero-order valence-electron chi connectivity index (χ0n) is 87.8. The molecular weight excluding hydrogens is 1590 g/mol. The van der Waals surface area contributed by atoms with E-state index in [1.165, 1.54) is 106 Å². The lowest BCUT2D eigenvalue weighted by molar-refractivity contribution is -0.0963. The zero-order chi connectivity index (χ0) is 96.3. The van der Waals surface area contributed by atoms with Crippen LogP contribution in [0, 0.1) is 0 Å². The van der Waals surface area contributed by atoms with Crippen LogP contribution in [0.1, 0.15) is 330 Å². The van der Waals surface area contributed by atoms with Crippen LogP contribution in [0.2, 0.25) is 0 Å². The molecule has 12 heterocycles. The second kappa shape index (κ2) is 212. The molecule has 0 aliphatic carbocycles. The minimum atomic E-state index is 0.500. The van der Waals surface area contributed by atoms with Gasteiger partial charge in [0.1, 0.15) is 12.4 Å². The second-order valence-corrected chi connectivity index (χ2v) is 23.3. The fourth-order valence-electron chi connectivity index (χ4n) is 6.35. The van der Waals surface area contributed by atoms with Crippen LogP contribution < -0.4 is 5.32 Å². The van der Waals surface area contributed by atoms with E-state index >= 15 is 0 Å². The third kappa shape index (κ3) is 159. The third-order valence-corrected chi connectivity index (χ3v) is 17.0. The van der Waals surface area contributed by atoms with Crippen LogP contribution in [-0.2, 0) is 28.4 Å². The first-order valence-electron chi connectivity index (χ1n) is 48.0. The lowest BCUT2D eigenvalue weighted by Gasteiger charge is -2.09. The summed E-state index contributed by atoms with van der Waals surface area (Å²) in [7, 11) is 0. The number of nitrogens with zero attached hydrogens (tertiary/aromatic N) is 4. The smallest absolute Gasteiger partial charge is 0.169 e. The molecule has 722 valence electrons. The molecule has 6 aromatic rings. The number of hydrogen-bond acceptors (Lipinski definition) is 17. The number of fused-ring (bicyclic) bond motifs is 3. The van der Waals surface area contributed by atoms with Gasteiger partial charge in [-0.3, -0.25) is 15.0 Å². The highest BCUT2D eigenvalue weighted by Crippen LogP contribution is 2.20. The van der Waals surface area contributed by atoms with Gasteiger partial charge in [0.15, 0.2) is 6.40 Å². The molecule has 2 aromatic carbocycles. The number of para-hydroxylation sites is 2. The van der Waals surface area contributed by atoms with Gasteiger partial charge >= 0.3 is 0 Å². The quantitative estimate of drug-likeness (QED) is 0.149. The van der Waals surface area contributed by atoms with Crippen LogP contribution in [0.4, 0.5) is 0 Å². The molecule has 19 heteroatoms. The van der Waals surface area contributed by atoms with E-state index in [1.54, 1.807) is 24.2 Å². The molecule has 0 bridgehead atoms. The maximum Gasteiger partial charge on any atom is 0.169 e. The van der Waals surface area contributed by atoms with Crippen molar-refractivity contribution < 1.29 is 32.8 Å². The van der Waals surface area contributed by atoms with Crippen molar-refractivity contribution in [2.45, 2.75) is 330 Å². The molecule has 13 nitrogen and oxygen atoms in total. The lowest BCUT2D eigenvalue weighted by atomic mass is 10.3. The Morgan fingerprint density at radius 1 is 0.328 bits per heavy atom. The summed E-state index contributed by atoms with van der Waals surface area (Å²) in [6.07, 6.45) is 15.9. The molecule has 119 heavy (non-hydrogen) atoms. The van der Waals surface area contributed by atoms with Crippen LogP contribution in [-0.4, -0.2) is 183 Å². The molecule has 0 unspecified atom stereocenters. The fraction of sp³-hybridized carbons (Fsp3) is 0.730. The highest BCUT2D eigenvalue weighted by Gasteiger charge is 1.99. The molecule has 0 amide bonds. The van der Waals surface area contributed by atoms with Crippen molar-refractivity contribution in [3.63, 3.8) is 0 Å². The second-order valence-electron chi connectivity index (χ2n) is 16.1. The summed E-state index contributed by atoms with van der Waals surface area (Å²) < 4.78 is 36.5. The summed E-state index contributed by atoms with van der Waals surface area (Å²) in [6, 6.07) is 30.4. The average Bonchev–Trinajstić information content (AvgIpc) is 1.81. The number of thioether (sulfide) groups is 6. The maximum atomic E-state index is 5.12. The van der Waals surface area contributed by atoms with Gasteiger partial charge in [0.05, 0.1) is 77.8 Å². The van der Waals surface area contributed by atoms with E-state index in [0.29, 0.717) is 13.4 Å². The Morgan fingerprint density at radius 3 is 1.03 bits per heavy atom. The SMILES string of the molecule is C1=NCCCO1.C1=NCCCS1.C1=NCCOC1.C1COCCO1.C1COCOC1.C1CSCCN1.C1CSCCS1.C1CSCSC1.CC.CC.CC.CC.CC.CC.CC.CC.CC.CC.CC.CC.CC.CC.CC.CC.CC.CC.CC.CC.CC.CC.c1ccc2[nH]ccc2c1.c1ccc2occc2c1.c1ccn2cccc2c1. The van der Waals surface area contributed by atoms with E-state index in [-0.39, 0.29) is 0 Å². The Hall–Kier alpha value is -3.05. The number of furan rings is 1. The van der Waals surface area contributed by atoms with Gasteiger partial charge in [-0.1, -0.05) is 347 Å². The number of pyridine rings is 1. The first kappa shape index (κ1) is 163. The van der Waals surface area contributed by atoms with Crippen molar-refractivity contribution >= 4 is 116 Å². The number of hydrogen-bond donors (Lipinski definition) is 2. The number of aliphatic imine (C=N–C) groups is 3. The van der Waals surface area contributed by atoms with Gasteiger partial charge in [-0.05, 0) is 84.7 Å². The Kier molecular flexibility index (Phi) is 290. The molecule has 5 saturated heterocycles. The molecule has 5 fully saturated rings. The number of benzene rings is 2. The monoisotopic (exact) mass is 1800 g/mol. The highest BCUT2D eigenvalue weighted by atomic mass is 32.2. The number of aromatic amines is 1. The van der Waals surface area contributed by atoms with Crippen LogP contribution in [0.25, 0.3) is 27.4 Å². The van der Waals surface area contributed by atoms with Crippen molar-refractivity contribution in [3.8, 4) is 0 Å². The molecule has 0 saturated carbocycles. The van der Waals surface area contributed by atoms with E-state index in [1.807, 2.05) is 401 Å². The van der Waals surface area contributed by atoms with Crippen molar-refractivity contribution in [3.05, 3.63) is 116 Å². The van der Waals surface area contributed by atoms with Crippen LogP contribution in [0.15, 0.2) is 135 Å². The largest absolute Gasteiger partial charge is 0.483 e. The number of rotatable bonds is 0. The summed E-state index contributed by atoms with van der Waals surface area (Å²) in [4.78, 5) is 14.9. The first-order valence-corrected chi connectivity index (χ1v) is 54.8. The summed E-state index contributed by atoms with van der Waals surface area (Å²) in [5.74, 6) is 12.2. The number of H-pyrrole nitrogens is 1. The summed E-state index contributed by atoms with van der Waals surface area (Å²) in [5, 5.41) is 7.04. The molecule has 2 N–H and O–H groups in total. The predicted molar refractivity (Wildman–Crippen MR) is 582 cm³/mol. The summed E-state index contributed by atoms with van der Waals surface area (Å²) in [5.41, 5.74) is 5.34.